The molecule has 1 heterocycles. The average Bonchev–Trinajstić information content (AvgIpc) is 3.12. The van der Waals surface area contributed by atoms with Crippen molar-refractivity contribution >= 4 is 29.1 Å². The molecule has 2 aromatic carbocycles. The fourth-order valence-corrected chi connectivity index (χ4v) is 2.95. The summed E-state index contributed by atoms with van der Waals surface area (Å²) in [6, 6.07) is 14.3. The van der Waals surface area contributed by atoms with Crippen molar-refractivity contribution in [3.63, 3.8) is 0 Å². The van der Waals surface area contributed by atoms with E-state index < -0.39 is 0 Å². The molecule has 1 aliphatic heterocycles. The van der Waals surface area contributed by atoms with E-state index in [9.17, 15) is 14.4 Å². The summed E-state index contributed by atoms with van der Waals surface area (Å²) in [4.78, 5) is 37.5. The van der Waals surface area contributed by atoms with Gasteiger partial charge in [-0.3, -0.25) is 14.4 Å². The molecule has 0 aliphatic carbocycles. The lowest BCUT2D eigenvalue weighted by molar-refractivity contribution is -0.117. The summed E-state index contributed by atoms with van der Waals surface area (Å²) < 4.78 is 0. The summed E-state index contributed by atoms with van der Waals surface area (Å²) in [6.07, 6.45) is 2.57. The van der Waals surface area contributed by atoms with Gasteiger partial charge in [0, 0.05) is 25.1 Å². The van der Waals surface area contributed by atoms with Gasteiger partial charge < -0.3 is 15.5 Å². The SMILES string of the molecule is C=CC(=O)NCc1ccc(C(=O)Nc2ccccc2N2CCCC2=O)cc1. The lowest BCUT2D eigenvalue weighted by Crippen LogP contribution is -2.25. The number of nitrogens with zero attached hydrogens (tertiary/aromatic N) is 1. The lowest BCUT2D eigenvalue weighted by Gasteiger charge is -2.20. The Hall–Kier alpha value is -3.41. The van der Waals surface area contributed by atoms with Crippen LogP contribution in [0, 0.1) is 0 Å². The summed E-state index contributed by atoms with van der Waals surface area (Å²) in [6.45, 7) is 4.43. The van der Waals surface area contributed by atoms with E-state index in [1.165, 1.54) is 6.08 Å². The van der Waals surface area contributed by atoms with E-state index in [4.69, 9.17) is 0 Å². The third-order valence-corrected chi connectivity index (χ3v) is 4.38. The molecule has 0 spiro atoms. The number of hydrogen-bond acceptors (Lipinski definition) is 3. The van der Waals surface area contributed by atoms with Gasteiger partial charge in [-0.1, -0.05) is 30.8 Å². The number of hydrogen-bond donors (Lipinski definition) is 2. The molecule has 0 aromatic heterocycles. The van der Waals surface area contributed by atoms with Crippen molar-refractivity contribution in [1.82, 2.24) is 5.32 Å². The Labute approximate surface area is 157 Å². The first-order chi connectivity index (χ1) is 13.1. The molecule has 3 rings (SSSR count). The molecular formula is C21H21N3O3. The van der Waals surface area contributed by atoms with Crippen molar-refractivity contribution in [3.05, 3.63) is 72.3 Å². The minimum absolute atomic E-state index is 0.0719. The Morgan fingerprint density at radius 1 is 1.11 bits per heavy atom. The zero-order valence-corrected chi connectivity index (χ0v) is 14.9. The number of benzene rings is 2. The Morgan fingerprint density at radius 3 is 2.52 bits per heavy atom. The quantitative estimate of drug-likeness (QED) is 0.775. The van der Waals surface area contributed by atoms with Crippen LogP contribution in [0.4, 0.5) is 11.4 Å². The van der Waals surface area contributed by atoms with Crippen LogP contribution in [-0.4, -0.2) is 24.3 Å². The predicted octanol–water partition coefficient (Wildman–Crippen LogP) is 2.87. The van der Waals surface area contributed by atoms with Gasteiger partial charge in [0.15, 0.2) is 0 Å². The van der Waals surface area contributed by atoms with Crippen molar-refractivity contribution < 1.29 is 14.4 Å². The number of rotatable bonds is 6. The monoisotopic (exact) mass is 363 g/mol. The van der Waals surface area contributed by atoms with Gasteiger partial charge >= 0.3 is 0 Å². The number of carbonyl (C=O) groups excluding carboxylic acids is 3. The van der Waals surface area contributed by atoms with E-state index in [1.807, 2.05) is 18.2 Å². The van der Waals surface area contributed by atoms with Crippen LogP contribution in [0.5, 0.6) is 0 Å². The van der Waals surface area contributed by atoms with Crippen molar-refractivity contribution in [2.45, 2.75) is 19.4 Å². The Morgan fingerprint density at radius 2 is 1.85 bits per heavy atom. The minimum atomic E-state index is -0.254. The standard InChI is InChI=1S/C21H21N3O3/c1-2-19(25)22-14-15-9-11-16(12-10-15)21(27)23-17-6-3-4-7-18(17)24-13-5-8-20(24)26/h2-4,6-7,9-12H,1,5,8,13-14H2,(H,22,25)(H,23,27). The van der Waals surface area contributed by atoms with Crippen LogP contribution < -0.4 is 15.5 Å². The number of nitrogens with one attached hydrogen (secondary N) is 2. The lowest BCUT2D eigenvalue weighted by atomic mass is 10.1. The van der Waals surface area contributed by atoms with Crippen LogP contribution in [0.3, 0.4) is 0 Å². The number of para-hydroxylation sites is 2. The largest absolute Gasteiger partial charge is 0.348 e. The summed E-state index contributed by atoms with van der Waals surface area (Å²) in [5.74, 6) is -0.428. The average molecular weight is 363 g/mol. The number of carbonyl (C=O) groups is 3. The third kappa shape index (κ3) is 4.41. The van der Waals surface area contributed by atoms with E-state index in [2.05, 4.69) is 17.2 Å². The molecule has 3 amide bonds. The second kappa shape index (κ2) is 8.31. The molecule has 6 heteroatoms. The van der Waals surface area contributed by atoms with Crippen molar-refractivity contribution in [1.29, 1.82) is 0 Å². The molecule has 0 unspecified atom stereocenters. The molecule has 0 atom stereocenters. The zero-order valence-electron chi connectivity index (χ0n) is 14.9. The van der Waals surface area contributed by atoms with Crippen molar-refractivity contribution in [2.75, 3.05) is 16.8 Å². The molecule has 138 valence electrons. The van der Waals surface area contributed by atoms with Crippen LogP contribution >= 0.6 is 0 Å². The zero-order chi connectivity index (χ0) is 19.2. The van der Waals surface area contributed by atoms with Crippen LogP contribution in [-0.2, 0) is 16.1 Å². The highest BCUT2D eigenvalue weighted by Crippen LogP contribution is 2.29. The number of amides is 3. The normalized spacial score (nSPS) is 13.3. The molecule has 0 saturated carbocycles. The third-order valence-electron chi connectivity index (χ3n) is 4.38. The molecule has 0 bridgehead atoms. The first kappa shape index (κ1) is 18.4. The van der Waals surface area contributed by atoms with E-state index in [0.717, 1.165) is 17.7 Å². The molecule has 2 N–H and O–H groups in total. The summed E-state index contributed by atoms with van der Waals surface area (Å²) in [5, 5.41) is 5.57. The molecule has 2 aromatic rings. The second-order valence-electron chi connectivity index (χ2n) is 6.24. The number of anilines is 2. The second-order valence-corrected chi connectivity index (χ2v) is 6.24. The highest BCUT2D eigenvalue weighted by molar-refractivity contribution is 6.08. The highest BCUT2D eigenvalue weighted by atomic mass is 16.2. The molecule has 27 heavy (non-hydrogen) atoms. The minimum Gasteiger partial charge on any atom is -0.348 e. The van der Waals surface area contributed by atoms with Gasteiger partial charge in [0.2, 0.25) is 11.8 Å². The maximum absolute atomic E-state index is 12.6. The van der Waals surface area contributed by atoms with Crippen LogP contribution in [0.2, 0.25) is 0 Å². The molecule has 1 aliphatic rings. The van der Waals surface area contributed by atoms with Gasteiger partial charge in [0.1, 0.15) is 0 Å². The highest BCUT2D eigenvalue weighted by Gasteiger charge is 2.24. The van der Waals surface area contributed by atoms with Gasteiger partial charge in [0.05, 0.1) is 11.4 Å². The Balaban J connectivity index is 1.70. The van der Waals surface area contributed by atoms with Crippen molar-refractivity contribution in [3.8, 4) is 0 Å². The summed E-state index contributed by atoms with van der Waals surface area (Å²) in [7, 11) is 0. The summed E-state index contributed by atoms with van der Waals surface area (Å²) in [5.41, 5.74) is 2.71. The van der Waals surface area contributed by atoms with Crippen LogP contribution in [0.15, 0.2) is 61.2 Å². The first-order valence-electron chi connectivity index (χ1n) is 8.78. The van der Waals surface area contributed by atoms with Crippen LogP contribution in [0.25, 0.3) is 0 Å². The van der Waals surface area contributed by atoms with Crippen LogP contribution in [0.1, 0.15) is 28.8 Å². The van der Waals surface area contributed by atoms with Gasteiger partial charge in [0.25, 0.3) is 5.91 Å². The van der Waals surface area contributed by atoms with Crippen molar-refractivity contribution in [2.24, 2.45) is 0 Å². The fraction of sp³-hybridized carbons (Fsp3) is 0.190. The molecular weight excluding hydrogens is 342 g/mol. The van der Waals surface area contributed by atoms with Gasteiger partial charge in [-0.05, 0) is 42.3 Å². The van der Waals surface area contributed by atoms with Gasteiger partial charge in [-0.2, -0.15) is 0 Å². The predicted molar refractivity (Wildman–Crippen MR) is 104 cm³/mol. The maximum atomic E-state index is 12.6. The molecule has 6 nitrogen and oxygen atoms in total. The molecule has 1 saturated heterocycles. The van der Waals surface area contributed by atoms with E-state index in [0.29, 0.717) is 30.8 Å². The Bertz CT molecular complexity index is 874. The summed E-state index contributed by atoms with van der Waals surface area (Å²) >= 11 is 0. The molecule has 1 fully saturated rings. The maximum Gasteiger partial charge on any atom is 0.255 e. The van der Waals surface area contributed by atoms with Gasteiger partial charge in [-0.25, -0.2) is 0 Å². The van der Waals surface area contributed by atoms with E-state index in [-0.39, 0.29) is 17.7 Å². The fourth-order valence-electron chi connectivity index (χ4n) is 2.95. The van der Waals surface area contributed by atoms with Gasteiger partial charge in [-0.15, -0.1) is 0 Å². The topological polar surface area (TPSA) is 78.5 Å². The van der Waals surface area contributed by atoms with E-state index >= 15 is 0 Å². The molecule has 0 radical (unpaired) electrons. The Kier molecular flexibility index (Phi) is 5.66. The first-order valence-corrected chi connectivity index (χ1v) is 8.78. The van der Waals surface area contributed by atoms with E-state index in [1.54, 1.807) is 35.2 Å². The smallest absolute Gasteiger partial charge is 0.255 e.